The molecule has 0 aliphatic heterocycles. The van der Waals surface area contributed by atoms with E-state index in [9.17, 15) is 23.5 Å². The van der Waals surface area contributed by atoms with Gasteiger partial charge in [-0.2, -0.15) is 0 Å². The van der Waals surface area contributed by atoms with Gasteiger partial charge in [-0.15, -0.1) is 0 Å². The molecule has 2 bridgehead atoms. The number of allylic oxidation sites excluding steroid dienone is 2. The standard InChI is InChI=1S/C15H12ClF2NO3/c16-8-4-9(17)13(10(18)5-8)19-14(20)11-6-1-2-7(3-6)12(11)15(21)22/h1-2,4-7,11-12H,3H2,(H,19,20)(H,21,22). The Labute approximate surface area is 129 Å². The van der Waals surface area contributed by atoms with Gasteiger partial charge in [0.15, 0.2) is 11.6 Å². The maximum atomic E-state index is 13.7. The Balaban J connectivity index is 1.86. The first-order valence-electron chi connectivity index (χ1n) is 6.75. The van der Waals surface area contributed by atoms with E-state index in [2.05, 4.69) is 5.32 Å². The molecule has 4 atom stereocenters. The molecule has 1 amide bonds. The SMILES string of the molecule is O=C(O)C1C2C=CC(C2)C1C(=O)Nc1c(F)cc(Cl)cc1F. The van der Waals surface area contributed by atoms with Crippen LogP contribution in [0.15, 0.2) is 24.3 Å². The van der Waals surface area contributed by atoms with E-state index in [0.29, 0.717) is 6.42 Å². The summed E-state index contributed by atoms with van der Waals surface area (Å²) >= 11 is 5.52. The molecule has 22 heavy (non-hydrogen) atoms. The lowest BCUT2D eigenvalue weighted by molar-refractivity contribution is -0.146. The smallest absolute Gasteiger partial charge is 0.307 e. The van der Waals surface area contributed by atoms with Crippen molar-refractivity contribution in [3.05, 3.63) is 40.9 Å². The van der Waals surface area contributed by atoms with E-state index in [1.807, 2.05) is 0 Å². The molecule has 1 saturated carbocycles. The van der Waals surface area contributed by atoms with Crippen molar-refractivity contribution >= 4 is 29.2 Å². The molecule has 7 heteroatoms. The molecular weight excluding hydrogens is 316 g/mol. The van der Waals surface area contributed by atoms with Crippen molar-refractivity contribution in [2.45, 2.75) is 6.42 Å². The summed E-state index contributed by atoms with van der Waals surface area (Å²) in [6.07, 6.45) is 4.15. The van der Waals surface area contributed by atoms with Crippen molar-refractivity contribution in [3.63, 3.8) is 0 Å². The minimum Gasteiger partial charge on any atom is -0.481 e. The molecule has 1 aromatic carbocycles. The Morgan fingerprint density at radius 2 is 1.68 bits per heavy atom. The van der Waals surface area contributed by atoms with Crippen LogP contribution >= 0.6 is 11.6 Å². The zero-order valence-corrected chi connectivity index (χ0v) is 12.0. The first kappa shape index (κ1) is 15.0. The van der Waals surface area contributed by atoms with E-state index in [1.165, 1.54) is 0 Å². The lowest BCUT2D eigenvalue weighted by Gasteiger charge is -2.24. The number of carboxylic acids is 1. The van der Waals surface area contributed by atoms with E-state index in [-0.39, 0.29) is 16.9 Å². The van der Waals surface area contributed by atoms with Gasteiger partial charge in [0.05, 0.1) is 11.8 Å². The Hall–Kier alpha value is -1.95. The first-order chi connectivity index (χ1) is 10.4. The fourth-order valence-corrected chi connectivity index (χ4v) is 3.58. The number of benzene rings is 1. The molecule has 0 radical (unpaired) electrons. The molecule has 1 aromatic rings. The molecule has 0 saturated heterocycles. The van der Waals surface area contributed by atoms with Gasteiger partial charge in [0.25, 0.3) is 0 Å². The quantitative estimate of drug-likeness (QED) is 0.838. The van der Waals surface area contributed by atoms with E-state index < -0.39 is 41.0 Å². The summed E-state index contributed by atoms with van der Waals surface area (Å²) in [7, 11) is 0. The van der Waals surface area contributed by atoms with Crippen molar-refractivity contribution in [2.24, 2.45) is 23.7 Å². The molecule has 0 spiro atoms. The van der Waals surface area contributed by atoms with Crippen molar-refractivity contribution in [3.8, 4) is 0 Å². The second kappa shape index (κ2) is 5.35. The minimum atomic E-state index is -1.07. The van der Waals surface area contributed by atoms with Crippen LogP contribution in [-0.4, -0.2) is 17.0 Å². The predicted octanol–water partition coefficient (Wildman–Crippen LogP) is 3.08. The van der Waals surface area contributed by atoms with E-state index >= 15 is 0 Å². The minimum absolute atomic E-state index is 0.126. The summed E-state index contributed by atoms with van der Waals surface area (Å²) in [5.74, 6) is -5.88. The van der Waals surface area contributed by atoms with Crippen LogP contribution in [0.5, 0.6) is 0 Å². The third-order valence-corrected chi connectivity index (χ3v) is 4.52. The number of halogens is 3. The van der Waals surface area contributed by atoms with Crippen molar-refractivity contribution in [1.82, 2.24) is 0 Å². The number of rotatable bonds is 3. The number of fused-ring (bicyclic) bond motifs is 2. The number of aliphatic carboxylic acids is 1. The zero-order chi connectivity index (χ0) is 16.0. The summed E-state index contributed by atoms with van der Waals surface area (Å²) in [4.78, 5) is 23.7. The fraction of sp³-hybridized carbons (Fsp3) is 0.333. The van der Waals surface area contributed by atoms with Crippen LogP contribution in [0.4, 0.5) is 14.5 Å². The Bertz CT molecular complexity index is 668. The predicted molar refractivity (Wildman–Crippen MR) is 75.4 cm³/mol. The van der Waals surface area contributed by atoms with Gasteiger partial charge in [-0.3, -0.25) is 9.59 Å². The third kappa shape index (κ3) is 2.37. The van der Waals surface area contributed by atoms with Crippen molar-refractivity contribution in [1.29, 1.82) is 0 Å². The highest BCUT2D eigenvalue weighted by molar-refractivity contribution is 6.30. The third-order valence-electron chi connectivity index (χ3n) is 4.30. The maximum absolute atomic E-state index is 13.7. The fourth-order valence-electron chi connectivity index (χ4n) is 3.38. The monoisotopic (exact) mass is 327 g/mol. The summed E-state index contributed by atoms with van der Waals surface area (Å²) in [6.45, 7) is 0. The number of amides is 1. The van der Waals surface area contributed by atoms with Crippen LogP contribution in [0.2, 0.25) is 5.02 Å². The number of nitrogens with one attached hydrogen (secondary N) is 1. The maximum Gasteiger partial charge on any atom is 0.307 e. The second-order valence-corrected chi connectivity index (χ2v) is 6.01. The van der Waals surface area contributed by atoms with Crippen molar-refractivity contribution < 1.29 is 23.5 Å². The van der Waals surface area contributed by atoms with Gasteiger partial charge in [-0.05, 0) is 30.4 Å². The van der Waals surface area contributed by atoms with Crippen LogP contribution in [0.25, 0.3) is 0 Å². The molecule has 0 heterocycles. The molecule has 2 N–H and O–H groups in total. The van der Waals surface area contributed by atoms with Crippen molar-refractivity contribution in [2.75, 3.05) is 5.32 Å². The summed E-state index contributed by atoms with van der Waals surface area (Å²) in [5.41, 5.74) is -0.606. The molecule has 116 valence electrons. The van der Waals surface area contributed by atoms with E-state index in [4.69, 9.17) is 11.6 Å². The van der Waals surface area contributed by atoms with Gasteiger partial charge in [-0.25, -0.2) is 8.78 Å². The lowest BCUT2D eigenvalue weighted by Crippen LogP contribution is -2.36. The van der Waals surface area contributed by atoms with Crippen LogP contribution in [0, 0.1) is 35.3 Å². The zero-order valence-electron chi connectivity index (χ0n) is 11.2. The van der Waals surface area contributed by atoms with Crippen LogP contribution in [0.3, 0.4) is 0 Å². The number of carbonyl (C=O) groups is 2. The normalized spacial score (nSPS) is 28.9. The average Bonchev–Trinajstić information content (AvgIpc) is 3.02. The first-order valence-corrected chi connectivity index (χ1v) is 7.13. The molecule has 2 aliphatic carbocycles. The van der Waals surface area contributed by atoms with Gasteiger partial charge in [0.1, 0.15) is 5.69 Å². The Kier molecular flexibility index (Phi) is 3.64. The highest BCUT2D eigenvalue weighted by atomic mass is 35.5. The summed E-state index contributed by atoms with van der Waals surface area (Å²) < 4.78 is 27.5. The lowest BCUT2D eigenvalue weighted by atomic mass is 9.82. The highest BCUT2D eigenvalue weighted by Crippen LogP contribution is 2.48. The molecule has 0 aromatic heterocycles. The molecule has 4 nitrogen and oxygen atoms in total. The van der Waals surface area contributed by atoms with Crippen LogP contribution in [0.1, 0.15) is 6.42 Å². The number of carboxylic acid groups (broad SMARTS) is 1. The van der Waals surface area contributed by atoms with Gasteiger partial charge in [0.2, 0.25) is 5.91 Å². The largest absolute Gasteiger partial charge is 0.481 e. The average molecular weight is 328 g/mol. The molecule has 1 fully saturated rings. The van der Waals surface area contributed by atoms with Crippen LogP contribution < -0.4 is 5.32 Å². The summed E-state index contributed by atoms with van der Waals surface area (Å²) in [6, 6.07) is 1.77. The molecular formula is C15H12ClF2NO3. The summed E-state index contributed by atoms with van der Waals surface area (Å²) in [5, 5.41) is 11.3. The molecule has 2 aliphatic rings. The Morgan fingerprint density at radius 3 is 2.23 bits per heavy atom. The Morgan fingerprint density at radius 1 is 1.14 bits per heavy atom. The molecule has 4 unspecified atom stereocenters. The number of carbonyl (C=O) groups excluding carboxylic acids is 1. The van der Waals surface area contributed by atoms with Gasteiger partial charge in [-0.1, -0.05) is 23.8 Å². The van der Waals surface area contributed by atoms with Crippen LogP contribution in [-0.2, 0) is 9.59 Å². The topological polar surface area (TPSA) is 66.4 Å². The highest BCUT2D eigenvalue weighted by Gasteiger charge is 2.51. The van der Waals surface area contributed by atoms with Gasteiger partial charge < -0.3 is 10.4 Å². The van der Waals surface area contributed by atoms with E-state index in [1.54, 1.807) is 12.2 Å². The second-order valence-electron chi connectivity index (χ2n) is 5.57. The molecule has 3 rings (SSSR count). The van der Waals surface area contributed by atoms with E-state index in [0.717, 1.165) is 12.1 Å². The van der Waals surface area contributed by atoms with Gasteiger partial charge in [0, 0.05) is 5.02 Å². The number of anilines is 1. The van der Waals surface area contributed by atoms with Gasteiger partial charge >= 0.3 is 5.97 Å². The number of hydrogen-bond donors (Lipinski definition) is 2. The number of hydrogen-bond acceptors (Lipinski definition) is 2.